The molecule has 1 aromatic rings. The van der Waals surface area contributed by atoms with E-state index in [2.05, 4.69) is 56.9 Å². The van der Waals surface area contributed by atoms with E-state index in [9.17, 15) is 0 Å². The summed E-state index contributed by atoms with van der Waals surface area (Å²) in [6, 6.07) is 8.87. The maximum Gasteiger partial charge on any atom is 0.494 e. The summed E-state index contributed by atoms with van der Waals surface area (Å²) in [5.41, 5.74) is 1.98. The number of hydrogen-bond donors (Lipinski definition) is 0. The predicted octanol–water partition coefficient (Wildman–Crippen LogP) is 3.23. The fraction of sp³-hybridized carbons (Fsp3) is 0.700. The smallest absolute Gasteiger partial charge is 0.399 e. The first kappa shape index (κ1) is 21.7. The zero-order valence-corrected chi connectivity index (χ0v) is 17.6. The van der Waals surface area contributed by atoms with Crippen LogP contribution in [-0.4, -0.2) is 56.6 Å². The average molecular weight is 382 g/mol. The number of piperidine rings is 1. The number of nitrogens with zero attached hydrogens (tertiary/aromatic N) is 1. The third-order valence-electron chi connectivity index (χ3n) is 6.13. The molecule has 2 fully saturated rings. The minimum atomic E-state index is -0.286. The van der Waals surface area contributed by atoms with Crippen molar-refractivity contribution in [1.82, 2.24) is 4.90 Å². The van der Waals surface area contributed by atoms with Crippen molar-refractivity contribution >= 4 is 25.0 Å². The highest BCUT2D eigenvalue weighted by atomic mass is 35.5. The standard InChI is InChI=1S/C20H32BNO3.ClH/c1-19(2)20(3,4)25-21(24-19)18-8-6-16(7-9-18)17-10-12-22(13-11-17)14-15-23-5;/h6-9,17H,10-15H2,1-5H3;1H. The number of hydrogen-bond acceptors (Lipinski definition) is 4. The van der Waals surface area contributed by atoms with Gasteiger partial charge in [0.05, 0.1) is 17.8 Å². The second-order valence-electron chi connectivity index (χ2n) is 8.36. The third-order valence-corrected chi connectivity index (χ3v) is 6.13. The summed E-state index contributed by atoms with van der Waals surface area (Å²) in [5.74, 6) is 0.658. The van der Waals surface area contributed by atoms with Crippen molar-refractivity contribution in [2.45, 2.75) is 57.7 Å². The molecule has 0 N–H and O–H groups in total. The van der Waals surface area contributed by atoms with E-state index in [0.29, 0.717) is 5.92 Å². The first-order chi connectivity index (χ1) is 11.8. The largest absolute Gasteiger partial charge is 0.494 e. The molecule has 3 rings (SSSR count). The Hall–Kier alpha value is -0.585. The molecule has 2 saturated heterocycles. The first-order valence-electron chi connectivity index (χ1n) is 9.49. The molecule has 4 nitrogen and oxygen atoms in total. The van der Waals surface area contributed by atoms with Crippen molar-refractivity contribution < 1.29 is 14.0 Å². The lowest BCUT2D eigenvalue weighted by atomic mass is 9.77. The highest BCUT2D eigenvalue weighted by Gasteiger charge is 2.51. The molecular weight excluding hydrogens is 348 g/mol. The molecule has 2 heterocycles. The van der Waals surface area contributed by atoms with Crippen LogP contribution in [-0.2, 0) is 14.0 Å². The van der Waals surface area contributed by atoms with Gasteiger partial charge in [0.1, 0.15) is 0 Å². The maximum atomic E-state index is 6.15. The highest BCUT2D eigenvalue weighted by molar-refractivity contribution is 6.62. The summed E-state index contributed by atoms with van der Waals surface area (Å²) < 4.78 is 17.5. The molecule has 0 bridgehead atoms. The topological polar surface area (TPSA) is 30.9 Å². The zero-order chi connectivity index (χ0) is 18.1. The van der Waals surface area contributed by atoms with Gasteiger partial charge in [-0.3, -0.25) is 0 Å². The first-order valence-corrected chi connectivity index (χ1v) is 9.49. The van der Waals surface area contributed by atoms with Crippen LogP contribution in [0.3, 0.4) is 0 Å². The second kappa shape index (κ2) is 8.62. The SMILES string of the molecule is COCCN1CCC(c2ccc(B3OC(C)(C)C(C)(C)O3)cc2)CC1.Cl. The van der Waals surface area contributed by atoms with Crippen LogP contribution >= 0.6 is 12.4 Å². The molecule has 1 aromatic carbocycles. The number of methoxy groups -OCH3 is 1. The van der Waals surface area contributed by atoms with E-state index in [1.807, 2.05) is 0 Å². The van der Waals surface area contributed by atoms with E-state index in [4.69, 9.17) is 14.0 Å². The number of benzene rings is 1. The Kier molecular flexibility index (Phi) is 7.20. The van der Waals surface area contributed by atoms with Crippen LogP contribution in [0.4, 0.5) is 0 Å². The molecule has 2 aliphatic heterocycles. The summed E-state index contributed by atoms with van der Waals surface area (Å²) in [5, 5.41) is 0. The van der Waals surface area contributed by atoms with Gasteiger partial charge in [0, 0.05) is 13.7 Å². The lowest BCUT2D eigenvalue weighted by Gasteiger charge is -2.32. The van der Waals surface area contributed by atoms with Gasteiger partial charge >= 0.3 is 7.12 Å². The van der Waals surface area contributed by atoms with Gasteiger partial charge in [0.15, 0.2) is 0 Å². The van der Waals surface area contributed by atoms with Crippen molar-refractivity contribution in [3.63, 3.8) is 0 Å². The molecule has 0 radical (unpaired) electrons. The normalized spacial score (nSPS) is 23.0. The van der Waals surface area contributed by atoms with Crippen LogP contribution in [0, 0.1) is 0 Å². The van der Waals surface area contributed by atoms with Crippen LogP contribution in [0.5, 0.6) is 0 Å². The molecule has 26 heavy (non-hydrogen) atoms. The Bertz CT molecular complexity index is 555. The van der Waals surface area contributed by atoms with Crippen LogP contribution in [0.15, 0.2) is 24.3 Å². The Morgan fingerprint density at radius 3 is 2.08 bits per heavy atom. The maximum absolute atomic E-state index is 6.15. The Morgan fingerprint density at radius 1 is 1.04 bits per heavy atom. The Labute approximate surface area is 165 Å². The summed E-state index contributed by atoms with van der Waals surface area (Å²) in [6.07, 6.45) is 2.44. The number of likely N-dealkylation sites (tertiary alicyclic amines) is 1. The van der Waals surface area contributed by atoms with E-state index in [-0.39, 0.29) is 30.7 Å². The van der Waals surface area contributed by atoms with Gasteiger partial charge in [-0.1, -0.05) is 24.3 Å². The molecule has 6 heteroatoms. The fourth-order valence-corrected chi connectivity index (χ4v) is 3.61. The number of rotatable bonds is 5. The highest BCUT2D eigenvalue weighted by Crippen LogP contribution is 2.36. The van der Waals surface area contributed by atoms with Crippen molar-refractivity contribution in [2.75, 3.05) is 33.4 Å². The van der Waals surface area contributed by atoms with Gasteiger partial charge in [0.2, 0.25) is 0 Å². The van der Waals surface area contributed by atoms with Gasteiger partial charge in [-0.25, -0.2) is 0 Å². The molecule has 0 amide bonds. The quantitative estimate of drug-likeness (QED) is 0.733. The number of halogens is 1. The van der Waals surface area contributed by atoms with Crippen LogP contribution in [0.1, 0.15) is 52.0 Å². The second-order valence-corrected chi connectivity index (χ2v) is 8.36. The molecule has 0 unspecified atom stereocenters. The van der Waals surface area contributed by atoms with Crippen molar-refractivity contribution in [1.29, 1.82) is 0 Å². The average Bonchev–Trinajstić information content (AvgIpc) is 2.81. The monoisotopic (exact) mass is 381 g/mol. The summed E-state index contributed by atoms with van der Waals surface area (Å²) in [7, 11) is 1.50. The van der Waals surface area contributed by atoms with E-state index < -0.39 is 0 Å². The minimum Gasteiger partial charge on any atom is -0.399 e. The van der Waals surface area contributed by atoms with Gasteiger partial charge < -0.3 is 18.9 Å². The molecule has 0 aliphatic carbocycles. The lowest BCUT2D eigenvalue weighted by molar-refractivity contribution is 0.00578. The molecule has 0 aromatic heterocycles. The summed E-state index contributed by atoms with van der Waals surface area (Å²) >= 11 is 0. The van der Waals surface area contributed by atoms with E-state index in [0.717, 1.165) is 31.7 Å². The molecular formula is C20H33BClNO3. The third kappa shape index (κ3) is 4.63. The van der Waals surface area contributed by atoms with Crippen molar-refractivity contribution in [2.24, 2.45) is 0 Å². The zero-order valence-electron chi connectivity index (χ0n) is 16.8. The predicted molar refractivity (Wildman–Crippen MR) is 110 cm³/mol. The van der Waals surface area contributed by atoms with Crippen LogP contribution in [0.2, 0.25) is 0 Å². The molecule has 2 aliphatic rings. The molecule has 0 atom stereocenters. The van der Waals surface area contributed by atoms with E-state index in [1.165, 1.54) is 18.4 Å². The van der Waals surface area contributed by atoms with Crippen LogP contribution < -0.4 is 5.46 Å². The Morgan fingerprint density at radius 2 is 1.58 bits per heavy atom. The van der Waals surface area contributed by atoms with Crippen LogP contribution in [0.25, 0.3) is 0 Å². The summed E-state index contributed by atoms with van der Waals surface area (Å²) in [4.78, 5) is 2.50. The minimum absolute atomic E-state index is 0. The Balaban J connectivity index is 0.00000243. The van der Waals surface area contributed by atoms with Gasteiger partial charge in [-0.05, 0) is 70.6 Å². The van der Waals surface area contributed by atoms with E-state index >= 15 is 0 Å². The van der Waals surface area contributed by atoms with Gasteiger partial charge in [-0.15, -0.1) is 12.4 Å². The molecule has 146 valence electrons. The fourth-order valence-electron chi connectivity index (χ4n) is 3.61. The van der Waals surface area contributed by atoms with Gasteiger partial charge in [0.25, 0.3) is 0 Å². The van der Waals surface area contributed by atoms with Gasteiger partial charge in [-0.2, -0.15) is 0 Å². The lowest BCUT2D eigenvalue weighted by Crippen LogP contribution is -2.41. The molecule has 0 spiro atoms. The summed E-state index contributed by atoms with van der Waals surface area (Å²) in [6.45, 7) is 12.6. The molecule has 0 saturated carbocycles. The van der Waals surface area contributed by atoms with Crippen molar-refractivity contribution in [3.8, 4) is 0 Å². The van der Waals surface area contributed by atoms with E-state index in [1.54, 1.807) is 7.11 Å². The number of ether oxygens (including phenoxy) is 1. The van der Waals surface area contributed by atoms with Crippen molar-refractivity contribution in [3.05, 3.63) is 29.8 Å².